The van der Waals surface area contributed by atoms with Gasteiger partial charge in [0.2, 0.25) is 5.91 Å². The van der Waals surface area contributed by atoms with Gasteiger partial charge < -0.3 is 14.7 Å². The minimum absolute atomic E-state index is 0.172. The molecule has 2 saturated heterocycles. The normalized spacial score (nSPS) is 35.3. The van der Waals surface area contributed by atoms with Gasteiger partial charge in [-0.15, -0.1) is 6.58 Å². The van der Waals surface area contributed by atoms with Gasteiger partial charge >= 0.3 is 5.97 Å². The number of carbonyl (C=O) groups excluding carboxylic acids is 1. The molecule has 2 fully saturated rings. The van der Waals surface area contributed by atoms with E-state index in [4.69, 9.17) is 4.74 Å². The van der Waals surface area contributed by atoms with E-state index in [0.717, 1.165) is 16.8 Å². The number of carbonyl (C=O) groups is 2. The number of nitrogens with zero attached hydrogens (tertiary/aromatic N) is 1. The summed E-state index contributed by atoms with van der Waals surface area (Å²) in [6.07, 6.45) is 3.74. The fourth-order valence-electron chi connectivity index (χ4n) is 4.53. The number of ether oxygens (including phenoxy) is 1. The van der Waals surface area contributed by atoms with Gasteiger partial charge in [-0.3, -0.25) is 9.59 Å². The van der Waals surface area contributed by atoms with Crippen molar-refractivity contribution in [3.8, 4) is 0 Å². The van der Waals surface area contributed by atoms with E-state index in [2.05, 4.69) is 6.58 Å². The summed E-state index contributed by atoms with van der Waals surface area (Å²) >= 11 is 0. The van der Waals surface area contributed by atoms with Crippen molar-refractivity contribution in [1.29, 1.82) is 0 Å². The van der Waals surface area contributed by atoms with Crippen LogP contribution in [0.3, 0.4) is 0 Å². The average molecular weight is 339 g/mol. The van der Waals surface area contributed by atoms with Gasteiger partial charge in [0, 0.05) is 5.69 Å². The van der Waals surface area contributed by atoms with Crippen molar-refractivity contribution in [3.05, 3.63) is 54.1 Å². The van der Waals surface area contributed by atoms with Crippen LogP contribution in [0.4, 0.5) is 5.69 Å². The molecule has 3 aliphatic rings. The van der Waals surface area contributed by atoms with Crippen LogP contribution in [0, 0.1) is 18.8 Å². The Hall–Kier alpha value is -2.40. The van der Waals surface area contributed by atoms with Crippen LogP contribution >= 0.6 is 0 Å². The van der Waals surface area contributed by atoms with Crippen molar-refractivity contribution in [1.82, 2.24) is 0 Å². The summed E-state index contributed by atoms with van der Waals surface area (Å²) in [5.74, 6) is -2.67. The van der Waals surface area contributed by atoms with Gasteiger partial charge in [-0.2, -0.15) is 0 Å². The molecule has 5 nitrogen and oxygen atoms in total. The molecule has 1 aromatic rings. The molecular formula is C20H21NO4. The molecule has 0 aromatic heterocycles. The Morgan fingerprint density at radius 2 is 2.04 bits per heavy atom. The van der Waals surface area contributed by atoms with Gasteiger partial charge in [0.05, 0.1) is 18.1 Å². The number of fused-ring (bicyclic) bond motifs is 1. The van der Waals surface area contributed by atoms with Crippen molar-refractivity contribution in [2.75, 3.05) is 4.90 Å². The van der Waals surface area contributed by atoms with Gasteiger partial charge in [0.1, 0.15) is 11.5 Å². The number of carboxylic acid groups (broad SMARTS) is 1. The highest BCUT2D eigenvalue weighted by atomic mass is 16.5. The van der Waals surface area contributed by atoms with E-state index in [9.17, 15) is 14.7 Å². The first kappa shape index (κ1) is 16.1. The third-order valence-electron chi connectivity index (χ3n) is 5.56. The van der Waals surface area contributed by atoms with Crippen LogP contribution in [0.2, 0.25) is 0 Å². The number of carboxylic acids is 1. The van der Waals surface area contributed by atoms with Crippen LogP contribution in [0.1, 0.15) is 18.9 Å². The standard InChI is InChI=1S/C20H21NO4/c1-11(2)10-15-20-9-8-14(25-20)16(19(23)24)17(20)18(22)21(15)13-6-4-12(3)5-7-13/h4-9,14-17H,1,10H2,2-3H3,(H,23,24)/t14-,15-,16+,17-,20+/m0/s1. The number of hydrogen-bond donors (Lipinski definition) is 1. The lowest BCUT2D eigenvalue weighted by Crippen LogP contribution is -2.45. The molecule has 5 atom stereocenters. The number of rotatable bonds is 4. The molecule has 3 aliphatic heterocycles. The monoisotopic (exact) mass is 339 g/mol. The largest absolute Gasteiger partial charge is 0.481 e. The second kappa shape index (κ2) is 5.30. The fourth-order valence-corrected chi connectivity index (χ4v) is 4.53. The highest BCUT2D eigenvalue weighted by molar-refractivity contribution is 6.03. The first-order valence-electron chi connectivity index (χ1n) is 8.49. The summed E-state index contributed by atoms with van der Waals surface area (Å²) in [5, 5.41) is 9.66. The van der Waals surface area contributed by atoms with E-state index in [1.165, 1.54) is 0 Å². The lowest BCUT2D eigenvalue weighted by molar-refractivity contribution is -0.146. The maximum absolute atomic E-state index is 13.3. The second-order valence-electron chi connectivity index (χ2n) is 7.36. The molecule has 0 aliphatic carbocycles. The first-order chi connectivity index (χ1) is 11.8. The van der Waals surface area contributed by atoms with Crippen molar-refractivity contribution < 1.29 is 19.4 Å². The molecule has 1 N–H and O–H groups in total. The van der Waals surface area contributed by atoms with Crippen LogP contribution in [0.25, 0.3) is 0 Å². The Morgan fingerprint density at radius 1 is 1.36 bits per heavy atom. The lowest BCUT2D eigenvalue weighted by atomic mass is 9.74. The Labute approximate surface area is 146 Å². The Bertz CT molecular complexity index is 796. The zero-order valence-corrected chi connectivity index (χ0v) is 14.3. The van der Waals surface area contributed by atoms with Crippen LogP contribution in [-0.2, 0) is 14.3 Å². The van der Waals surface area contributed by atoms with E-state index < -0.39 is 29.5 Å². The van der Waals surface area contributed by atoms with Crippen LogP contribution in [0.15, 0.2) is 48.6 Å². The average Bonchev–Trinajstić information content (AvgIpc) is 3.18. The zero-order chi connectivity index (χ0) is 17.9. The number of benzene rings is 1. The molecule has 0 radical (unpaired) electrons. The van der Waals surface area contributed by atoms with E-state index in [1.54, 1.807) is 11.0 Å². The second-order valence-corrected chi connectivity index (χ2v) is 7.36. The third-order valence-corrected chi connectivity index (χ3v) is 5.56. The molecule has 0 saturated carbocycles. The molecule has 130 valence electrons. The summed E-state index contributed by atoms with van der Waals surface area (Å²) in [4.78, 5) is 26.8. The highest BCUT2D eigenvalue weighted by Crippen LogP contribution is 2.56. The molecule has 0 unspecified atom stereocenters. The van der Waals surface area contributed by atoms with Crippen molar-refractivity contribution in [3.63, 3.8) is 0 Å². The fraction of sp³-hybridized carbons (Fsp3) is 0.400. The summed E-state index contributed by atoms with van der Waals surface area (Å²) in [6, 6.07) is 7.44. The van der Waals surface area contributed by atoms with Crippen LogP contribution < -0.4 is 4.90 Å². The van der Waals surface area contributed by atoms with Crippen molar-refractivity contribution in [2.24, 2.45) is 11.8 Å². The SMILES string of the molecule is C=C(C)C[C@@H]1N(c2ccc(C)cc2)C(=O)[C@@H]2[C@H](C(=O)O)[C@@H]3C=C[C@]21O3. The number of amides is 1. The molecule has 4 rings (SSSR count). The molecule has 5 heteroatoms. The molecule has 3 heterocycles. The Kier molecular flexibility index (Phi) is 3.41. The molecular weight excluding hydrogens is 318 g/mol. The summed E-state index contributed by atoms with van der Waals surface area (Å²) in [5.41, 5.74) is 1.93. The minimum Gasteiger partial charge on any atom is -0.481 e. The molecule has 2 bridgehead atoms. The molecule has 1 spiro atoms. The first-order valence-corrected chi connectivity index (χ1v) is 8.49. The van der Waals surface area contributed by atoms with E-state index in [0.29, 0.717) is 6.42 Å². The zero-order valence-electron chi connectivity index (χ0n) is 14.3. The maximum atomic E-state index is 13.3. The van der Waals surface area contributed by atoms with Crippen molar-refractivity contribution in [2.45, 2.75) is 38.0 Å². The smallest absolute Gasteiger partial charge is 0.310 e. The topological polar surface area (TPSA) is 66.8 Å². The summed E-state index contributed by atoms with van der Waals surface area (Å²) < 4.78 is 6.12. The highest BCUT2D eigenvalue weighted by Gasteiger charge is 2.71. The van der Waals surface area contributed by atoms with Crippen LogP contribution in [0.5, 0.6) is 0 Å². The lowest BCUT2D eigenvalue weighted by Gasteiger charge is -2.33. The predicted octanol–water partition coefficient (Wildman–Crippen LogP) is 2.70. The summed E-state index contributed by atoms with van der Waals surface area (Å²) in [7, 11) is 0. The van der Waals surface area contributed by atoms with Gasteiger partial charge in [0.25, 0.3) is 0 Å². The van der Waals surface area contributed by atoms with Crippen molar-refractivity contribution >= 4 is 17.6 Å². The molecule has 25 heavy (non-hydrogen) atoms. The van der Waals surface area contributed by atoms with Gasteiger partial charge in [0.15, 0.2) is 0 Å². The number of anilines is 1. The van der Waals surface area contributed by atoms with Gasteiger partial charge in [-0.1, -0.05) is 35.4 Å². The van der Waals surface area contributed by atoms with Gasteiger partial charge in [-0.25, -0.2) is 0 Å². The van der Waals surface area contributed by atoms with Crippen LogP contribution in [-0.4, -0.2) is 34.7 Å². The minimum atomic E-state index is -0.977. The molecule has 1 aromatic carbocycles. The predicted molar refractivity (Wildman–Crippen MR) is 93.2 cm³/mol. The Balaban J connectivity index is 1.84. The molecule has 1 amide bonds. The summed E-state index contributed by atoms with van der Waals surface area (Å²) in [6.45, 7) is 7.91. The van der Waals surface area contributed by atoms with E-state index in [1.807, 2.05) is 44.2 Å². The maximum Gasteiger partial charge on any atom is 0.310 e. The Morgan fingerprint density at radius 3 is 2.64 bits per heavy atom. The number of aliphatic carboxylic acids is 1. The number of hydrogen-bond acceptors (Lipinski definition) is 3. The van der Waals surface area contributed by atoms with E-state index in [-0.39, 0.29) is 11.9 Å². The number of aryl methyl sites for hydroxylation is 1. The van der Waals surface area contributed by atoms with E-state index >= 15 is 0 Å². The third kappa shape index (κ3) is 2.12. The quantitative estimate of drug-likeness (QED) is 0.857. The van der Waals surface area contributed by atoms with Gasteiger partial charge in [-0.05, 0) is 32.4 Å².